The van der Waals surface area contributed by atoms with Gasteiger partial charge in [-0.25, -0.2) is 0 Å². The molecular weight excluding hydrogens is 372 g/mol. The van der Waals surface area contributed by atoms with E-state index in [1.165, 1.54) is 11.3 Å². The number of fused-ring (bicyclic) bond motifs is 5. The Kier molecular flexibility index (Phi) is 3.36. The lowest BCUT2D eigenvalue weighted by Gasteiger charge is -2.35. The number of Topliss-reactive ketones (excluding diaryl/α,β-unsaturated/α-hetero) is 1. The summed E-state index contributed by atoms with van der Waals surface area (Å²) in [5.74, 6) is -2.05. The summed E-state index contributed by atoms with van der Waals surface area (Å²) < 4.78 is 0. The Hall–Kier alpha value is -2.44. The average Bonchev–Trinajstić information content (AvgIpc) is 3.31. The van der Waals surface area contributed by atoms with E-state index < -0.39 is 17.9 Å². The SMILES string of the molecule is O=C1NC(=O)[C@@H]2[C@@H]1[C@@H]1C=Cc3cc(Cl)ccc3N1[C@H]2C(=O)c1cccs1. The minimum absolute atomic E-state index is 0.126. The number of carbonyl (C=O) groups excluding carboxylic acids is 3. The maximum atomic E-state index is 13.3. The number of anilines is 1. The second-order valence-electron chi connectivity index (χ2n) is 6.65. The maximum absolute atomic E-state index is 13.3. The molecule has 1 aromatic heterocycles. The molecule has 2 saturated heterocycles. The van der Waals surface area contributed by atoms with Crippen molar-refractivity contribution in [3.63, 3.8) is 0 Å². The van der Waals surface area contributed by atoms with Gasteiger partial charge in [0.1, 0.15) is 6.04 Å². The standard InChI is InChI=1S/C19H13ClN2O3S/c20-10-4-6-11-9(8-10)3-5-12-14-15(19(25)21-18(14)24)16(22(11)12)17(23)13-2-1-7-26-13/h1-8,12,14-16H,(H,21,24,25)/t12-,14-,15+,16+/m0/s1. The molecule has 3 aliphatic heterocycles. The number of amides is 2. The van der Waals surface area contributed by atoms with Crippen LogP contribution < -0.4 is 10.2 Å². The van der Waals surface area contributed by atoms with Gasteiger partial charge in [0.25, 0.3) is 0 Å². The quantitative estimate of drug-likeness (QED) is 0.638. The molecule has 0 unspecified atom stereocenters. The Morgan fingerprint density at radius 1 is 1.15 bits per heavy atom. The second kappa shape index (κ2) is 5.53. The van der Waals surface area contributed by atoms with Gasteiger partial charge in [-0.1, -0.05) is 29.8 Å². The first-order valence-corrected chi connectivity index (χ1v) is 9.50. The van der Waals surface area contributed by atoms with Gasteiger partial charge in [-0.2, -0.15) is 0 Å². The van der Waals surface area contributed by atoms with Crippen molar-refractivity contribution in [1.82, 2.24) is 5.32 Å². The summed E-state index contributed by atoms with van der Waals surface area (Å²) in [6.45, 7) is 0. The molecule has 0 radical (unpaired) electrons. The van der Waals surface area contributed by atoms with Crippen molar-refractivity contribution in [3.05, 3.63) is 57.3 Å². The molecule has 5 rings (SSSR count). The smallest absolute Gasteiger partial charge is 0.233 e. The Morgan fingerprint density at radius 3 is 2.73 bits per heavy atom. The fourth-order valence-corrected chi connectivity index (χ4v) is 5.20. The first-order chi connectivity index (χ1) is 12.6. The lowest BCUT2D eigenvalue weighted by molar-refractivity contribution is -0.126. The van der Waals surface area contributed by atoms with E-state index in [0.29, 0.717) is 9.90 Å². The van der Waals surface area contributed by atoms with Crippen LogP contribution in [0.2, 0.25) is 5.02 Å². The fourth-order valence-electron chi connectivity index (χ4n) is 4.33. The van der Waals surface area contributed by atoms with Gasteiger partial charge in [0, 0.05) is 10.7 Å². The number of nitrogens with zero attached hydrogens (tertiary/aromatic N) is 1. The number of hydrogen-bond acceptors (Lipinski definition) is 5. The number of benzene rings is 1. The molecular formula is C19H13ClN2O3S. The van der Waals surface area contributed by atoms with Crippen LogP contribution >= 0.6 is 22.9 Å². The lowest BCUT2D eigenvalue weighted by Crippen LogP contribution is -2.47. The van der Waals surface area contributed by atoms with E-state index in [2.05, 4.69) is 5.32 Å². The summed E-state index contributed by atoms with van der Waals surface area (Å²) in [4.78, 5) is 40.7. The number of carbonyl (C=O) groups is 3. The van der Waals surface area contributed by atoms with Crippen molar-refractivity contribution >= 4 is 52.3 Å². The van der Waals surface area contributed by atoms with Gasteiger partial charge in [0.2, 0.25) is 11.8 Å². The van der Waals surface area contributed by atoms with Crippen LogP contribution in [-0.4, -0.2) is 29.7 Å². The van der Waals surface area contributed by atoms with Gasteiger partial charge < -0.3 is 4.90 Å². The largest absolute Gasteiger partial charge is 0.352 e. The minimum atomic E-state index is -0.708. The van der Waals surface area contributed by atoms with Gasteiger partial charge in [-0.05, 0) is 35.2 Å². The third-order valence-electron chi connectivity index (χ3n) is 5.34. The Morgan fingerprint density at radius 2 is 1.96 bits per heavy atom. The lowest BCUT2D eigenvalue weighted by atomic mass is 9.87. The van der Waals surface area contributed by atoms with Crippen LogP contribution in [0.15, 0.2) is 41.8 Å². The predicted octanol–water partition coefficient (Wildman–Crippen LogP) is 2.76. The first-order valence-electron chi connectivity index (χ1n) is 8.25. The van der Waals surface area contributed by atoms with E-state index in [0.717, 1.165) is 11.3 Å². The van der Waals surface area contributed by atoms with Crippen LogP contribution in [0.3, 0.4) is 0 Å². The molecule has 5 nitrogen and oxygen atoms in total. The van der Waals surface area contributed by atoms with E-state index in [1.54, 1.807) is 12.1 Å². The summed E-state index contributed by atoms with van der Waals surface area (Å²) in [5, 5.41) is 4.84. The summed E-state index contributed by atoms with van der Waals surface area (Å²) in [7, 11) is 0. The van der Waals surface area contributed by atoms with Gasteiger partial charge in [0.05, 0.1) is 22.8 Å². The zero-order valence-corrected chi connectivity index (χ0v) is 15.0. The molecule has 0 aliphatic carbocycles. The van der Waals surface area contributed by atoms with Crippen LogP contribution in [0.4, 0.5) is 5.69 Å². The van der Waals surface area contributed by atoms with E-state index >= 15 is 0 Å². The number of ketones is 1. The van der Waals surface area contributed by atoms with Gasteiger partial charge in [-0.3, -0.25) is 19.7 Å². The normalized spacial score (nSPS) is 28.6. The molecule has 1 aromatic carbocycles. The van der Waals surface area contributed by atoms with Crippen molar-refractivity contribution < 1.29 is 14.4 Å². The van der Waals surface area contributed by atoms with Crippen LogP contribution in [0, 0.1) is 11.8 Å². The fraction of sp³-hybridized carbons (Fsp3) is 0.211. The molecule has 7 heteroatoms. The third kappa shape index (κ3) is 2.06. The van der Waals surface area contributed by atoms with E-state index in [4.69, 9.17) is 11.6 Å². The van der Waals surface area contributed by atoms with Crippen molar-refractivity contribution in [2.24, 2.45) is 11.8 Å². The van der Waals surface area contributed by atoms with Crippen molar-refractivity contribution in [2.45, 2.75) is 12.1 Å². The van der Waals surface area contributed by atoms with E-state index in [9.17, 15) is 14.4 Å². The topological polar surface area (TPSA) is 66.5 Å². The molecule has 0 bridgehead atoms. The molecule has 1 N–H and O–H groups in total. The summed E-state index contributed by atoms with van der Waals surface area (Å²) in [6, 6.07) is 7.98. The van der Waals surface area contributed by atoms with Crippen molar-refractivity contribution in [3.8, 4) is 0 Å². The average molecular weight is 385 g/mol. The van der Waals surface area contributed by atoms with Gasteiger partial charge >= 0.3 is 0 Å². The van der Waals surface area contributed by atoms with Crippen LogP contribution in [0.25, 0.3) is 6.08 Å². The van der Waals surface area contributed by atoms with Crippen LogP contribution in [-0.2, 0) is 9.59 Å². The molecule has 130 valence electrons. The molecule has 26 heavy (non-hydrogen) atoms. The third-order valence-corrected chi connectivity index (χ3v) is 6.46. The molecule has 2 amide bonds. The number of nitrogens with one attached hydrogen (secondary N) is 1. The highest BCUT2D eigenvalue weighted by Crippen LogP contribution is 2.47. The van der Waals surface area contributed by atoms with E-state index in [1.807, 2.05) is 40.6 Å². The number of imide groups is 1. The molecule has 4 heterocycles. The minimum Gasteiger partial charge on any atom is -0.352 e. The van der Waals surface area contributed by atoms with E-state index in [-0.39, 0.29) is 23.6 Å². The van der Waals surface area contributed by atoms with Crippen molar-refractivity contribution in [1.29, 1.82) is 0 Å². The maximum Gasteiger partial charge on any atom is 0.233 e. The molecule has 2 aromatic rings. The Bertz CT molecular complexity index is 985. The van der Waals surface area contributed by atoms with Crippen LogP contribution in [0.1, 0.15) is 15.2 Å². The highest BCUT2D eigenvalue weighted by Gasteiger charge is 2.61. The van der Waals surface area contributed by atoms with Gasteiger partial charge in [0.15, 0.2) is 5.78 Å². The zero-order valence-electron chi connectivity index (χ0n) is 13.4. The van der Waals surface area contributed by atoms with Crippen molar-refractivity contribution in [2.75, 3.05) is 4.90 Å². The number of thiophene rings is 1. The van der Waals surface area contributed by atoms with Gasteiger partial charge in [-0.15, -0.1) is 11.3 Å². The molecule has 0 spiro atoms. The number of halogens is 1. The molecule has 0 saturated carbocycles. The summed E-state index contributed by atoms with van der Waals surface area (Å²) >= 11 is 7.45. The monoisotopic (exact) mass is 384 g/mol. The second-order valence-corrected chi connectivity index (χ2v) is 8.04. The highest BCUT2D eigenvalue weighted by atomic mass is 35.5. The van der Waals surface area contributed by atoms with Crippen LogP contribution in [0.5, 0.6) is 0 Å². The Labute approximate surface area is 158 Å². The molecule has 3 aliphatic rings. The number of hydrogen-bond donors (Lipinski definition) is 1. The predicted molar refractivity (Wildman–Crippen MR) is 99.3 cm³/mol. The summed E-state index contributed by atoms with van der Waals surface area (Å²) in [6.07, 6.45) is 3.81. The molecule has 4 atom stereocenters. The highest BCUT2D eigenvalue weighted by molar-refractivity contribution is 7.12. The number of rotatable bonds is 2. The Balaban J connectivity index is 1.69. The zero-order chi connectivity index (χ0) is 18.0. The molecule has 2 fully saturated rings. The first kappa shape index (κ1) is 15.8. The summed E-state index contributed by atoms with van der Waals surface area (Å²) in [5.41, 5.74) is 1.71.